The SMILES string of the molecule is CN(CC(C)(C)O)c1c(C(=O)O)cnc2c1cnn2C. The molecule has 108 valence electrons. The largest absolute Gasteiger partial charge is 0.478 e. The number of aliphatic hydroxyl groups is 1. The van der Waals surface area contributed by atoms with Crippen LogP contribution in [0.4, 0.5) is 5.69 Å². The molecule has 2 aromatic rings. The maximum atomic E-state index is 11.4. The number of pyridine rings is 1. The summed E-state index contributed by atoms with van der Waals surface area (Å²) in [4.78, 5) is 17.2. The van der Waals surface area contributed by atoms with E-state index in [9.17, 15) is 15.0 Å². The molecule has 2 N–H and O–H groups in total. The molecule has 2 rings (SSSR count). The maximum Gasteiger partial charge on any atom is 0.339 e. The van der Waals surface area contributed by atoms with Crippen LogP contribution in [0.25, 0.3) is 11.0 Å². The molecule has 7 heteroatoms. The number of fused-ring (bicyclic) bond motifs is 1. The van der Waals surface area contributed by atoms with Gasteiger partial charge in [0.05, 0.1) is 22.9 Å². The minimum Gasteiger partial charge on any atom is -0.478 e. The molecule has 2 aromatic heterocycles. The number of hydrogen-bond acceptors (Lipinski definition) is 5. The van der Waals surface area contributed by atoms with Gasteiger partial charge in [0.1, 0.15) is 5.56 Å². The second-order valence-corrected chi connectivity index (χ2v) is 5.50. The van der Waals surface area contributed by atoms with Crippen LogP contribution in [0.15, 0.2) is 12.4 Å². The van der Waals surface area contributed by atoms with Gasteiger partial charge in [0, 0.05) is 26.8 Å². The molecule has 0 aromatic carbocycles. The van der Waals surface area contributed by atoms with Gasteiger partial charge in [0.25, 0.3) is 0 Å². The Labute approximate surface area is 116 Å². The molecule has 2 heterocycles. The van der Waals surface area contributed by atoms with Gasteiger partial charge in [-0.15, -0.1) is 0 Å². The number of hydrogen-bond donors (Lipinski definition) is 2. The minimum atomic E-state index is -1.05. The van der Waals surface area contributed by atoms with E-state index >= 15 is 0 Å². The number of carboxylic acid groups (broad SMARTS) is 1. The number of likely N-dealkylation sites (N-methyl/N-ethyl adjacent to an activating group) is 1. The van der Waals surface area contributed by atoms with Crippen LogP contribution >= 0.6 is 0 Å². The van der Waals surface area contributed by atoms with Crippen LogP contribution in [0.1, 0.15) is 24.2 Å². The van der Waals surface area contributed by atoms with E-state index < -0.39 is 11.6 Å². The maximum absolute atomic E-state index is 11.4. The summed E-state index contributed by atoms with van der Waals surface area (Å²) >= 11 is 0. The molecule has 0 saturated carbocycles. The highest BCUT2D eigenvalue weighted by atomic mass is 16.4. The van der Waals surface area contributed by atoms with Crippen molar-refractivity contribution in [2.24, 2.45) is 7.05 Å². The number of nitrogens with zero attached hydrogens (tertiary/aromatic N) is 4. The summed E-state index contributed by atoms with van der Waals surface area (Å²) in [6, 6.07) is 0. The predicted octanol–water partition coefficient (Wildman–Crippen LogP) is 0.874. The van der Waals surface area contributed by atoms with Crippen LogP contribution in [0.5, 0.6) is 0 Å². The van der Waals surface area contributed by atoms with E-state index in [4.69, 9.17) is 0 Å². The van der Waals surface area contributed by atoms with Crippen molar-refractivity contribution in [3.63, 3.8) is 0 Å². The Balaban J connectivity index is 2.63. The van der Waals surface area contributed by atoms with Gasteiger partial charge >= 0.3 is 5.97 Å². The second kappa shape index (κ2) is 4.75. The van der Waals surface area contributed by atoms with E-state index in [1.807, 2.05) is 0 Å². The summed E-state index contributed by atoms with van der Waals surface area (Å²) in [5.41, 5.74) is 0.269. The molecule has 0 aliphatic carbocycles. The average Bonchev–Trinajstić information content (AvgIpc) is 2.67. The predicted molar refractivity (Wildman–Crippen MR) is 75.0 cm³/mol. The van der Waals surface area contributed by atoms with Gasteiger partial charge < -0.3 is 15.1 Å². The molecule has 0 radical (unpaired) electrons. The standard InChI is InChI=1S/C13H18N4O3/c1-13(2,20)7-16(3)10-8-6-15-17(4)11(8)14-5-9(10)12(18)19/h5-6,20H,7H2,1-4H3,(H,18,19). The third-order valence-corrected chi connectivity index (χ3v) is 2.97. The van der Waals surface area contributed by atoms with Crippen molar-refractivity contribution in [3.05, 3.63) is 18.0 Å². The third-order valence-electron chi connectivity index (χ3n) is 2.97. The molecule has 0 atom stereocenters. The van der Waals surface area contributed by atoms with Crippen LogP contribution in [-0.2, 0) is 7.05 Å². The number of aromatic nitrogens is 3. The molecule has 20 heavy (non-hydrogen) atoms. The lowest BCUT2D eigenvalue weighted by Crippen LogP contribution is -2.37. The van der Waals surface area contributed by atoms with E-state index in [0.29, 0.717) is 23.3 Å². The Morgan fingerprint density at radius 2 is 2.10 bits per heavy atom. The highest BCUT2D eigenvalue weighted by Crippen LogP contribution is 2.29. The molecule has 0 fully saturated rings. The van der Waals surface area contributed by atoms with Gasteiger partial charge in [0.2, 0.25) is 0 Å². The fraction of sp³-hybridized carbons (Fsp3) is 0.462. The fourth-order valence-corrected chi connectivity index (χ4v) is 2.31. The van der Waals surface area contributed by atoms with Crippen LogP contribution in [0, 0.1) is 0 Å². The first-order valence-electron chi connectivity index (χ1n) is 6.18. The first-order valence-corrected chi connectivity index (χ1v) is 6.18. The highest BCUT2D eigenvalue weighted by Gasteiger charge is 2.23. The Hall–Kier alpha value is -2.15. The fourth-order valence-electron chi connectivity index (χ4n) is 2.31. The molecule has 0 unspecified atom stereocenters. The van der Waals surface area contributed by atoms with Gasteiger partial charge in [-0.05, 0) is 13.8 Å². The lowest BCUT2D eigenvalue weighted by Gasteiger charge is -2.28. The van der Waals surface area contributed by atoms with Gasteiger partial charge in [-0.2, -0.15) is 5.10 Å². The van der Waals surface area contributed by atoms with Crippen molar-refractivity contribution in [1.82, 2.24) is 14.8 Å². The van der Waals surface area contributed by atoms with Gasteiger partial charge in [0.15, 0.2) is 5.65 Å². The number of carboxylic acids is 1. The van der Waals surface area contributed by atoms with Gasteiger partial charge in [-0.3, -0.25) is 4.68 Å². The van der Waals surface area contributed by atoms with Crippen LogP contribution < -0.4 is 4.90 Å². The first-order chi connectivity index (χ1) is 9.20. The summed E-state index contributed by atoms with van der Waals surface area (Å²) in [6.07, 6.45) is 2.91. The Morgan fingerprint density at radius 3 is 2.65 bits per heavy atom. The topological polar surface area (TPSA) is 91.5 Å². The number of anilines is 1. The van der Waals surface area contributed by atoms with E-state index in [0.717, 1.165) is 0 Å². The summed E-state index contributed by atoms with van der Waals surface area (Å²) < 4.78 is 1.59. The zero-order chi connectivity index (χ0) is 15.1. The number of aryl methyl sites for hydroxylation is 1. The van der Waals surface area contributed by atoms with Crippen molar-refractivity contribution in [2.75, 3.05) is 18.5 Å². The van der Waals surface area contributed by atoms with Gasteiger partial charge in [-0.25, -0.2) is 9.78 Å². The van der Waals surface area contributed by atoms with E-state index in [2.05, 4.69) is 10.1 Å². The summed E-state index contributed by atoms with van der Waals surface area (Å²) in [7, 11) is 3.49. The normalized spacial score (nSPS) is 11.8. The second-order valence-electron chi connectivity index (χ2n) is 5.50. The Morgan fingerprint density at radius 1 is 1.45 bits per heavy atom. The van der Waals surface area contributed by atoms with E-state index in [1.165, 1.54) is 6.20 Å². The lowest BCUT2D eigenvalue weighted by atomic mass is 10.1. The molecular formula is C13H18N4O3. The molecule has 0 aliphatic rings. The lowest BCUT2D eigenvalue weighted by molar-refractivity contribution is 0.0694. The van der Waals surface area contributed by atoms with Crippen LogP contribution in [0.3, 0.4) is 0 Å². The third kappa shape index (κ3) is 2.57. The quantitative estimate of drug-likeness (QED) is 0.862. The van der Waals surface area contributed by atoms with Crippen molar-refractivity contribution in [3.8, 4) is 0 Å². The number of carbonyl (C=O) groups is 1. The molecule has 7 nitrogen and oxygen atoms in total. The smallest absolute Gasteiger partial charge is 0.339 e. The summed E-state index contributed by atoms with van der Waals surface area (Å²) in [5, 5.41) is 24.0. The highest BCUT2D eigenvalue weighted by molar-refractivity contribution is 6.03. The zero-order valence-electron chi connectivity index (χ0n) is 12.0. The molecule has 0 aliphatic heterocycles. The molecule has 0 bridgehead atoms. The summed E-state index contributed by atoms with van der Waals surface area (Å²) in [6.45, 7) is 3.64. The molecular weight excluding hydrogens is 260 g/mol. The first kappa shape index (κ1) is 14.3. The summed E-state index contributed by atoms with van der Waals surface area (Å²) in [5.74, 6) is -1.05. The minimum absolute atomic E-state index is 0.0947. The van der Waals surface area contributed by atoms with Gasteiger partial charge in [-0.1, -0.05) is 0 Å². The Kier molecular flexibility index (Phi) is 3.39. The van der Waals surface area contributed by atoms with Crippen molar-refractivity contribution >= 4 is 22.7 Å². The Bertz CT molecular complexity index is 657. The average molecular weight is 278 g/mol. The zero-order valence-corrected chi connectivity index (χ0v) is 12.0. The molecule has 0 saturated heterocycles. The van der Waals surface area contributed by atoms with Crippen LogP contribution in [-0.4, -0.2) is 50.1 Å². The molecule has 0 amide bonds. The van der Waals surface area contributed by atoms with Crippen molar-refractivity contribution in [1.29, 1.82) is 0 Å². The van der Waals surface area contributed by atoms with E-state index in [1.54, 1.807) is 43.7 Å². The van der Waals surface area contributed by atoms with Crippen molar-refractivity contribution < 1.29 is 15.0 Å². The number of rotatable bonds is 4. The monoisotopic (exact) mass is 278 g/mol. The molecule has 0 spiro atoms. The number of aromatic carboxylic acids is 1. The van der Waals surface area contributed by atoms with E-state index in [-0.39, 0.29) is 5.56 Å². The van der Waals surface area contributed by atoms with Crippen LogP contribution in [0.2, 0.25) is 0 Å². The van der Waals surface area contributed by atoms with Crippen molar-refractivity contribution in [2.45, 2.75) is 19.4 Å².